The van der Waals surface area contributed by atoms with Gasteiger partial charge in [0.15, 0.2) is 17.3 Å². The van der Waals surface area contributed by atoms with Gasteiger partial charge in [-0.2, -0.15) is 14.9 Å². The molecule has 7 heteroatoms. The lowest BCUT2D eigenvalue weighted by Crippen LogP contribution is -2.05. The summed E-state index contributed by atoms with van der Waals surface area (Å²) in [5.74, 6) is 2.16. The Bertz CT molecular complexity index is 996. The van der Waals surface area contributed by atoms with Crippen molar-refractivity contribution in [1.29, 1.82) is 0 Å². The molecule has 0 aliphatic heterocycles. The van der Waals surface area contributed by atoms with Crippen LogP contribution in [0.4, 0.5) is 0 Å². The summed E-state index contributed by atoms with van der Waals surface area (Å²) in [6.45, 7) is 2.68. The van der Waals surface area contributed by atoms with Crippen LogP contribution in [0.3, 0.4) is 0 Å². The van der Waals surface area contributed by atoms with Gasteiger partial charge in [0.25, 0.3) is 0 Å². The monoisotopic (exact) mass is 410 g/mol. The minimum atomic E-state index is 0.474. The Morgan fingerprint density at radius 3 is 2.72 bits per heavy atom. The number of H-pyrrole nitrogens is 1. The molecule has 0 saturated carbocycles. The van der Waals surface area contributed by atoms with E-state index in [0.717, 1.165) is 37.1 Å². The number of aromatic amines is 1. The van der Waals surface area contributed by atoms with Crippen molar-refractivity contribution in [1.82, 2.24) is 14.9 Å². The van der Waals surface area contributed by atoms with Gasteiger partial charge < -0.3 is 9.47 Å². The summed E-state index contributed by atoms with van der Waals surface area (Å²) in [4.78, 5) is 0. The van der Waals surface area contributed by atoms with E-state index < -0.39 is 0 Å². The number of hydrogen-bond donors (Lipinski definition) is 1. The minimum absolute atomic E-state index is 0.474. The molecule has 0 aliphatic rings. The van der Waals surface area contributed by atoms with Crippen molar-refractivity contribution in [2.75, 3.05) is 13.7 Å². The van der Waals surface area contributed by atoms with Crippen molar-refractivity contribution in [3.05, 3.63) is 70.3 Å². The second-order valence-corrected chi connectivity index (χ2v) is 6.95. The molecule has 152 valence electrons. The zero-order valence-corrected chi connectivity index (χ0v) is 17.6. The maximum Gasteiger partial charge on any atom is 0.216 e. The highest BCUT2D eigenvalue weighted by atomic mass is 32.1. The largest absolute Gasteiger partial charge is 0.493 e. The molecule has 3 rings (SSSR count). The van der Waals surface area contributed by atoms with Gasteiger partial charge in [-0.05, 0) is 36.3 Å². The number of aryl methyl sites for hydroxylation is 1. The molecule has 1 aromatic heterocycles. The van der Waals surface area contributed by atoms with Crippen LogP contribution < -0.4 is 9.47 Å². The van der Waals surface area contributed by atoms with Gasteiger partial charge in [0.1, 0.15) is 0 Å². The molecule has 0 atom stereocenters. The van der Waals surface area contributed by atoms with Crippen molar-refractivity contribution in [2.24, 2.45) is 5.10 Å². The average Bonchev–Trinajstić information content (AvgIpc) is 3.11. The van der Waals surface area contributed by atoms with Crippen molar-refractivity contribution < 1.29 is 9.47 Å². The van der Waals surface area contributed by atoms with Gasteiger partial charge in [-0.15, -0.1) is 0 Å². The first kappa shape index (κ1) is 20.8. The highest BCUT2D eigenvalue weighted by Gasteiger charge is 2.10. The molecular weight excluding hydrogens is 384 g/mol. The molecule has 0 aliphatic carbocycles. The molecule has 0 amide bonds. The molecular formula is C22H26N4O2S. The third kappa shape index (κ3) is 5.54. The van der Waals surface area contributed by atoms with Crippen LogP contribution in [0.1, 0.15) is 36.7 Å². The minimum Gasteiger partial charge on any atom is -0.493 e. The molecule has 0 radical (unpaired) electrons. The first-order chi connectivity index (χ1) is 14.2. The SMILES string of the molecule is CCCCc1n[nH]c(=S)n1/N=C/c1cccc(OC)c1OCCc1ccccc1. The molecule has 1 heterocycles. The summed E-state index contributed by atoms with van der Waals surface area (Å²) in [7, 11) is 1.63. The van der Waals surface area contributed by atoms with Crippen LogP contribution in [0.15, 0.2) is 53.6 Å². The van der Waals surface area contributed by atoms with Gasteiger partial charge in [-0.25, -0.2) is 0 Å². The highest BCUT2D eigenvalue weighted by Crippen LogP contribution is 2.30. The van der Waals surface area contributed by atoms with E-state index in [4.69, 9.17) is 21.7 Å². The van der Waals surface area contributed by atoms with Gasteiger partial charge >= 0.3 is 0 Å². The molecule has 2 aromatic carbocycles. The van der Waals surface area contributed by atoms with Gasteiger partial charge in [0.2, 0.25) is 4.77 Å². The number of hydrogen-bond acceptors (Lipinski definition) is 5. The molecule has 1 N–H and O–H groups in total. The van der Waals surface area contributed by atoms with Gasteiger partial charge in [0.05, 0.1) is 19.9 Å². The Morgan fingerprint density at radius 1 is 1.14 bits per heavy atom. The first-order valence-electron chi connectivity index (χ1n) is 9.77. The van der Waals surface area contributed by atoms with Crippen LogP contribution >= 0.6 is 12.2 Å². The number of unbranched alkanes of at least 4 members (excludes halogenated alkanes) is 1. The summed E-state index contributed by atoms with van der Waals surface area (Å²) < 4.78 is 13.7. The maximum atomic E-state index is 6.08. The lowest BCUT2D eigenvalue weighted by Gasteiger charge is -2.13. The zero-order valence-electron chi connectivity index (χ0n) is 16.8. The topological polar surface area (TPSA) is 64.4 Å². The molecule has 0 fully saturated rings. The van der Waals surface area contributed by atoms with E-state index in [1.54, 1.807) is 18.0 Å². The Kier molecular flexibility index (Phi) is 7.58. The molecule has 0 saturated heterocycles. The maximum absolute atomic E-state index is 6.08. The van der Waals surface area contributed by atoms with E-state index in [9.17, 15) is 0 Å². The number of methoxy groups -OCH3 is 1. The van der Waals surface area contributed by atoms with Crippen LogP contribution in [0.5, 0.6) is 11.5 Å². The Labute approximate surface area is 176 Å². The number of rotatable bonds is 10. The number of nitrogens with zero attached hydrogens (tertiary/aromatic N) is 3. The molecule has 0 bridgehead atoms. The standard InChI is InChI=1S/C22H26N4O2S/c1-3-4-13-20-24-25-22(29)26(20)23-16-18-11-8-12-19(27-2)21(18)28-15-14-17-9-6-5-7-10-17/h5-12,16H,3-4,13-15H2,1-2H3,(H,25,29)/b23-16+. The van der Waals surface area contributed by atoms with Crippen molar-refractivity contribution in [2.45, 2.75) is 32.6 Å². The van der Waals surface area contributed by atoms with E-state index >= 15 is 0 Å². The van der Waals surface area contributed by atoms with E-state index in [1.165, 1.54) is 5.56 Å². The fourth-order valence-electron chi connectivity index (χ4n) is 2.93. The highest BCUT2D eigenvalue weighted by molar-refractivity contribution is 7.71. The summed E-state index contributed by atoms with van der Waals surface area (Å²) in [6.07, 6.45) is 5.48. The third-order valence-electron chi connectivity index (χ3n) is 4.49. The van der Waals surface area contributed by atoms with Crippen LogP contribution in [0, 0.1) is 4.77 Å². The second kappa shape index (κ2) is 10.6. The van der Waals surface area contributed by atoms with E-state index in [0.29, 0.717) is 22.9 Å². The molecule has 6 nitrogen and oxygen atoms in total. The smallest absolute Gasteiger partial charge is 0.216 e. The normalized spacial score (nSPS) is 11.1. The van der Waals surface area contributed by atoms with Gasteiger partial charge in [0, 0.05) is 18.4 Å². The lowest BCUT2D eigenvalue weighted by molar-refractivity contribution is 0.297. The van der Waals surface area contributed by atoms with Crippen LogP contribution in [0.2, 0.25) is 0 Å². The molecule has 3 aromatic rings. The average molecular weight is 411 g/mol. The predicted molar refractivity (Wildman–Crippen MR) is 118 cm³/mol. The van der Waals surface area contributed by atoms with Gasteiger partial charge in [-0.3, -0.25) is 5.10 Å². The first-order valence-corrected chi connectivity index (χ1v) is 10.2. The Hall–Kier alpha value is -2.93. The van der Waals surface area contributed by atoms with Gasteiger partial charge in [-0.1, -0.05) is 49.7 Å². The summed E-state index contributed by atoms with van der Waals surface area (Å²) >= 11 is 5.32. The summed E-state index contributed by atoms with van der Waals surface area (Å²) in [6, 6.07) is 16.0. The summed E-state index contributed by atoms with van der Waals surface area (Å²) in [5.41, 5.74) is 2.05. The number of benzene rings is 2. The van der Waals surface area contributed by atoms with E-state index in [2.05, 4.69) is 34.4 Å². The van der Waals surface area contributed by atoms with Crippen LogP contribution in [-0.4, -0.2) is 34.8 Å². The van der Waals surface area contributed by atoms with Crippen molar-refractivity contribution in [3.63, 3.8) is 0 Å². The summed E-state index contributed by atoms with van der Waals surface area (Å²) in [5, 5.41) is 11.6. The lowest BCUT2D eigenvalue weighted by atomic mass is 10.1. The quantitative estimate of drug-likeness (QED) is 0.385. The zero-order chi connectivity index (χ0) is 20.5. The fraction of sp³-hybridized carbons (Fsp3) is 0.318. The molecule has 0 unspecified atom stereocenters. The number of aromatic nitrogens is 3. The Balaban J connectivity index is 1.80. The van der Waals surface area contributed by atoms with Crippen molar-refractivity contribution >= 4 is 18.4 Å². The second-order valence-electron chi connectivity index (χ2n) is 6.57. The predicted octanol–water partition coefficient (Wildman–Crippen LogP) is 4.80. The molecule has 0 spiro atoms. The third-order valence-corrected chi connectivity index (χ3v) is 4.76. The van der Waals surface area contributed by atoms with E-state index in [-0.39, 0.29) is 0 Å². The van der Waals surface area contributed by atoms with Crippen LogP contribution in [-0.2, 0) is 12.8 Å². The number of para-hydroxylation sites is 1. The van der Waals surface area contributed by atoms with Crippen LogP contribution in [0.25, 0.3) is 0 Å². The number of ether oxygens (including phenoxy) is 2. The van der Waals surface area contributed by atoms with E-state index in [1.807, 2.05) is 36.4 Å². The fourth-order valence-corrected chi connectivity index (χ4v) is 3.12. The Morgan fingerprint density at radius 2 is 1.97 bits per heavy atom. The number of nitrogens with one attached hydrogen (secondary N) is 1. The molecule has 29 heavy (non-hydrogen) atoms. The van der Waals surface area contributed by atoms with Crippen molar-refractivity contribution in [3.8, 4) is 11.5 Å².